The number of hydrogen-bond donors (Lipinski definition) is 4. The third kappa shape index (κ3) is 4.23. The number of allylic oxidation sites excluding steroid dienone is 1. The van der Waals surface area contributed by atoms with Crippen LogP contribution in [-0.2, 0) is 15.8 Å². The molecule has 3 heterocycles. The highest BCUT2D eigenvalue weighted by Gasteiger charge is 2.44. The summed E-state index contributed by atoms with van der Waals surface area (Å²) >= 11 is 0. The molecule has 11 heteroatoms. The molecule has 2 aromatic rings. The number of rotatable bonds is 6. The van der Waals surface area contributed by atoms with Crippen molar-refractivity contribution in [3.05, 3.63) is 58.3 Å². The summed E-state index contributed by atoms with van der Waals surface area (Å²) < 4.78 is 43.2. The third-order valence-corrected chi connectivity index (χ3v) is 9.07. The summed E-state index contributed by atoms with van der Waals surface area (Å²) in [5, 5.41) is 12.9. The number of anilines is 1. The molecular weight excluding hydrogens is 457 g/mol. The van der Waals surface area contributed by atoms with Crippen molar-refractivity contribution in [3.63, 3.8) is 0 Å². The lowest BCUT2D eigenvalue weighted by atomic mass is 9.91. The molecule has 2 atom stereocenters. The number of piperidine rings is 1. The van der Waals surface area contributed by atoms with Gasteiger partial charge >= 0.3 is 0 Å². The smallest absolute Gasteiger partial charge is 0.217 e. The van der Waals surface area contributed by atoms with Crippen LogP contribution in [0.1, 0.15) is 60.5 Å². The van der Waals surface area contributed by atoms with Gasteiger partial charge in [0.25, 0.3) is 0 Å². The van der Waals surface area contributed by atoms with Gasteiger partial charge in [-0.1, -0.05) is 6.42 Å². The summed E-state index contributed by atoms with van der Waals surface area (Å²) in [6.07, 6.45) is 7.03. The van der Waals surface area contributed by atoms with Crippen LogP contribution in [0.2, 0.25) is 0 Å². The molecule has 0 amide bonds. The zero-order valence-electron chi connectivity index (χ0n) is 19.3. The molecule has 1 saturated carbocycles. The summed E-state index contributed by atoms with van der Waals surface area (Å²) in [4.78, 5) is 4.31. The number of hydrogen-bond acceptors (Lipinski definition) is 7. The first kappa shape index (κ1) is 23.0. The van der Waals surface area contributed by atoms with Crippen LogP contribution < -0.4 is 16.4 Å². The number of nitrogens with one attached hydrogen (secondary N) is 3. The monoisotopic (exact) mass is 487 g/mol. The lowest BCUT2D eigenvalue weighted by Gasteiger charge is -2.37. The number of nitrogens with zero attached hydrogens (tertiary/aromatic N) is 3. The predicted molar refractivity (Wildman–Crippen MR) is 129 cm³/mol. The van der Waals surface area contributed by atoms with Crippen LogP contribution in [0.5, 0.6) is 0 Å². The molecule has 34 heavy (non-hydrogen) atoms. The second-order valence-electron chi connectivity index (χ2n) is 9.37. The van der Waals surface area contributed by atoms with Crippen molar-refractivity contribution in [1.82, 2.24) is 19.8 Å². The highest BCUT2D eigenvalue weighted by Crippen LogP contribution is 2.41. The first-order chi connectivity index (χ1) is 16.2. The Labute approximate surface area is 198 Å². The van der Waals surface area contributed by atoms with Crippen molar-refractivity contribution in [2.24, 2.45) is 10.7 Å². The van der Waals surface area contributed by atoms with Gasteiger partial charge in [0.05, 0.1) is 16.9 Å². The first-order valence-electron chi connectivity index (χ1n) is 11.6. The molecule has 0 spiro atoms. The van der Waals surface area contributed by atoms with Crippen LogP contribution in [0, 0.1) is 19.7 Å². The summed E-state index contributed by atoms with van der Waals surface area (Å²) in [7, 11) is -3.37. The zero-order valence-corrected chi connectivity index (χ0v) is 20.1. The van der Waals surface area contributed by atoms with Crippen molar-refractivity contribution < 1.29 is 12.8 Å². The highest BCUT2D eigenvalue weighted by molar-refractivity contribution is 7.90. The summed E-state index contributed by atoms with van der Waals surface area (Å²) in [5.74, 6) is -0.935. The summed E-state index contributed by atoms with van der Waals surface area (Å²) in [6.45, 7) is 4.23. The summed E-state index contributed by atoms with van der Waals surface area (Å²) in [5.41, 5.74) is 9.06. The Bertz CT molecular complexity index is 1270. The minimum Gasteiger partial charge on any atom is -0.331 e. The number of sulfonamides is 1. The molecule has 182 valence electrons. The van der Waals surface area contributed by atoms with E-state index >= 15 is 4.39 Å². The molecular formula is C23H30FN7O2S. The maximum absolute atomic E-state index is 15.5. The maximum atomic E-state index is 15.5. The molecule has 5 rings (SSSR count). The van der Waals surface area contributed by atoms with Crippen molar-refractivity contribution >= 4 is 22.1 Å². The first-order valence-corrected chi connectivity index (χ1v) is 13.1. The van der Waals surface area contributed by atoms with Gasteiger partial charge in [-0.2, -0.15) is 9.40 Å². The molecule has 5 N–H and O–H groups in total. The molecule has 2 fully saturated rings. The molecule has 2 aliphatic heterocycles. The number of nitrogens with two attached hydrogens (primary N) is 1. The largest absolute Gasteiger partial charge is 0.331 e. The van der Waals surface area contributed by atoms with Gasteiger partial charge in [0.15, 0.2) is 5.82 Å². The highest BCUT2D eigenvalue weighted by atomic mass is 32.2. The Hall–Kier alpha value is -2.76. The van der Waals surface area contributed by atoms with Crippen LogP contribution in [-0.4, -0.2) is 40.9 Å². The van der Waals surface area contributed by atoms with E-state index < -0.39 is 21.6 Å². The fourth-order valence-electron chi connectivity index (χ4n) is 4.76. The molecule has 0 bridgehead atoms. The van der Waals surface area contributed by atoms with Gasteiger partial charge in [-0.25, -0.2) is 17.8 Å². The van der Waals surface area contributed by atoms with Crippen LogP contribution in [0.4, 0.5) is 10.2 Å². The average molecular weight is 488 g/mol. The van der Waals surface area contributed by atoms with Gasteiger partial charge in [0.2, 0.25) is 15.8 Å². The van der Waals surface area contributed by atoms with Crippen molar-refractivity contribution in [3.8, 4) is 0 Å². The number of H-pyrrole nitrogens is 1. The zero-order chi connectivity index (χ0) is 24.1. The van der Waals surface area contributed by atoms with Crippen molar-refractivity contribution in [2.75, 3.05) is 11.9 Å². The fourth-order valence-corrected chi connectivity index (χ4v) is 6.84. The van der Waals surface area contributed by atoms with E-state index in [1.807, 2.05) is 19.9 Å². The van der Waals surface area contributed by atoms with Crippen LogP contribution >= 0.6 is 0 Å². The van der Waals surface area contributed by atoms with Gasteiger partial charge in [-0.3, -0.25) is 10.8 Å². The van der Waals surface area contributed by atoms with E-state index in [0.717, 1.165) is 24.1 Å². The second-order valence-corrected chi connectivity index (χ2v) is 11.5. The molecule has 1 aromatic carbocycles. The van der Waals surface area contributed by atoms with Crippen LogP contribution in [0.15, 0.2) is 35.1 Å². The van der Waals surface area contributed by atoms with Gasteiger partial charge in [0.1, 0.15) is 11.6 Å². The standard InChI is InChI=1S/C23H30FN7O2S/c1-14-11-18(23(25)26-9-8-21(28-23)27-22-12-15(2)29-30-22)19(24)13-17(14)20-5-3-4-10-31(20)34(32,33)16-6-7-16/h8-9,11-13,16,20,28H,3-7,10,25H2,1-2H3,(H2,27,29,30). The lowest BCUT2D eigenvalue weighted by Crippen LogP contribution is -2.51. The van der Waals surface area contributed by atoms with Gasteiger partial charge in [0, 0.05) is 24.5 Å². The summed E-state index contributed by atoms with van der Waals surface area (Å²) in [6, 6.07) is 4.58. The quantitative estimate of drug-likeness (QED) is 0.496. The average Bonchev–Trinajstić information content (AvgIpc) is 3.59. The Morgan fingerprint density at radius 1 is 1.21 bits per heavy atom. The van der Waals surface area contributed by atoms with E-state index in [1.165, 1.54) is 12.3 Å². The van der Waals surface area contributed by atoms with E-state index in [2.05, 4.69) is 25.8 Å². The van der Waals surface area contributed by atoms with E-state index in [1.54, 1.807) is 16.4 Å². The maximum Gasteiger partial charge on any atom is 0.217 e. The molecule has 1 saturated heterocycles. The number of halogens is 1. The van der Waals surface area contributed by atoms with E-state index in [-0.39, 0.29) is 16.9 Å². The second kappa shape index (κ2) is 8.47. The Morgan fingerprint density at radius 2 is 2.00 bits per heavy atom. The van der Waals surface area contributed by atoms with Gasteiger partial charge in [-0.05, 0) is 68.9 Å². The number of aromatic nitrogens is 2. The molecule has 1 aliphatic carbocycles. The minimum atomic E-state index is -3.37. The Kier molecular flexibility index (Phi) is 5.73. The van der Waals surface area contributed by atoms with Crippen LogP contribution in [0.3, 0.4) is 0 Å². The number of benzene rings is 1. The normalized spacial score (nSPS) is 25.6. The van der Waals surface area contributed by atoms with E-state index in [0.29, 0.717) is 43.0 Å². The van der Waals surface area contributed by atoms with Gasteiger partial charge in [-0.15, -0.1) is 0 Å². The molecule has 9 nitrogen and oxygen atoms in total. The van der Waals surface area contributed by atoms with Crippen LogP contribution in [0.25, 0.3) is 0 Å². The van der Waals surface area contributed by atoms with Crippen molar-refractivity contribution in [1.29, 1.82) is 0 Å². The topological polar surface area (TPSA) is 128 Å². The van der Waals surface area contributed by atoms with E-state index in [9.17, 15) is 8.42 Å². The number of aromatic amines is 1. The van der Waals surface area contributed by atoms with Gasteiger partial charge < -0.3 is 10.6 Å². The molecule has 0 radical (unpaired) electrons. The van der Waals surface area contributed by atoms with Crippen molar-refractivity contribution in [2.45, 2.75) is 63.0 Å². The molecule has 3 aliphatic rings. The Morgan fingerprint density at radius 3 is 2.71 bits per heavy atom. The minimum absolute atomic E-state index is 0.183. The molecule has 2 unspecified atom stereocenters. The molecule has 1 aromatic heterocycles. The number of aliphatic imine (C=N–C) groups is 1. The third-order valence-electron chi connectivity index (χ3n) is 6.66. The lowest BCUT2D eigenvalue weighted by molar-refractivity contribution is 0.254. The SMILES string of the molecule is Cc1cc(NC2=CC=NC(N)(c3cc(C)c(C4CCCCN4S(=O)(=O)C4CC4)cc3F)N2)n[nH]1. The fraction of sp³-hybridized carbons (Fsp3) is 0.478. The van der Waals surface area contributed by atoms with E-state index in [4.69, 9.17) is 5.73 Å². The number of aryl methyl sites for hydroxylation is 2. The predicted octanol–water partition coefficient (Wildman–Crippen LogP) is 2.88. The Balaban J connectivity index is 1.42.